The predicted molar refractivity (Wildman–Crippen MR) is 105 cm³/mol. The van der Waals surface area contributed by atoms with Gasteiger partial charge < -0.3 is 9.09 Å². The molecule has 0 aromatic carbocycles. The molecule has 6 rings (SSSR count). The molecule has 9 heteroatoms. The lowest BCUT2D eigenvalue weighted by Crippen LogP contribution is -2.22. The van der Waals surface area contributed by atoms with Crippen LogP contribution in [0.5, 0.6) is 0 Å². The van der Waals surface area contributed by atoms with Crippen molar-refractivity contribution in [1.29, 1.82) is 0 Å². The fraction of sp³-hybridized carbons (Fsp3) is 0.300. The van der Waals surface area contributed by atoms with Gasteiger partial charge in [0, 0.05) is 19.4 Å². The number of hydrogen-bond acceptors (Lipinski definition) is 7. The molecule has 0 N–H and O–H groups in total. The first-order chi connectivity index (χ1) is 14.2. The van der Waals surface area contributed by atoms with Gasteiger partial charge in [-0.1, -0.05) is 11.2 Å². The van der Waals surface area contributed by atoms with Crippen molar-refractivity contribution in [2.75, 3.05) is 0 Å². The Morgan fingerprint density at radius 2 is 2.00 bits per heavy atom. The summed E-state index contributed by atoms with van der Waals surface area (Å²) in [6.45, 7) is 0.201. The predicted octanol–water partition coefficient (Wildman–Crippen LogP) is 2.07. The second-order valence-electron chi connectivity index (χ2n) is 7.33. The Hall–Kier alpha value is -3.62. The number of rotatable bonds is 3. The summed E-state index contributed by atoms with van der Waals surface area (Å²) >= 11 is 0. The molecule has 2 atom stereocenters. The van der Waals surface area contributed by atoms with E-state index < -0.39 is 0 Å². The molecule has 146 valence electrons. The normalized spacial score (nSPS) is 19.4. The van der Waals surface area contributed by atoms with E-state index in [1.54, 1.807) is 23.5 Å². The maximum atomic E-state index is 12.1. The molecule has 0 unspecified atom stereocenters. The fourth-order valence-corrected chi connectivity index (χ4v) is 3.69. The van der Waals surface area contributed by atoms with E-state index in [0.717, 1.165) is 11.8 Å². The van der Waals surface area contributed by atoms with Gasteiger partial charge in [-0.25, -0.2) is 9.97 Å². The Kier molecular flexibility index (Phi) is 4.27. The van der Waals surface area contributed by atoms with Crippen LogP contribution in [0.15, 0.2) is 58.9 Å². The summed E-state index contributed by atoms with van der Waals surface area (Å²) in [5, 5.41) is 3.48. The van der Waals surface area contributed by atoms with Crippen LogP contribution in [0.4, 0.5) is 0 Å². The number of nitrogens with zero attached hydrogens (tertiary/aromatic N) is 7. The Morgan fingerprint density at radius 1 is 1.17 bits per heavy atom. The van der Waals surface area contributed by atoms with Crippen LogP contribution in [-0.2, 0) is 13.6 Å². The van der Waals surface area contributed by atoms with Crippen molar-refractivity contribution in [2.24, 2.45) is 18.9 Å². The van der Waals surface area contributed by atoms with Crippen molar-refractivity contribution >= 4 is 16.7 Å². The highest BCUT2D eigenvalue weighted by Gasteiger charge is 2.40. The zero-order valence-corrected chi connectivity index (χ0v) is 15.8. The Morgan fingerprint density at radius 3 is 2.72 bits per heavy atom. The molecule has 0 saturated heterocycles. The van der Waals surface area contributed by atoms with Crippen LogP contribution < -0.4 is 5.56 Å². The van der Waals surface area contributed by atoms with Crippen LogP contribution in [0.1, 0.15) is 24.3 Å². The van der Waals surface area contributed by atoms with Crippen LogP contribution in [0.25, 0.3) is 16.7 Å². The van der Waals surface area contributed by atoms with E-state index in [1.165, 1.54) is 35.6 Å². The summed E-state index contributed by atoms with van der Waals surface area (Å²) < 4.78 is 7.88. The van der Waals surface area contributed by atoms with E-state index in [-0.39, 0.29) is 12.1 Å². The number of allylic oxidation sites excluding steroid dienone is 2. The summed E-state index contributed by atoms with van der Waals surface area (Å²) in [4.78, 5) is 28.1. The van der Waals surface area contributed by atoms with Gasteiger partial charge in [0.1, 0.15) is 12.9 Å². The van der Waals surface area contributed by atoms with E-state index in [4.69, 9.17) is 4.52 Å². The van der Waals surface area contributed by atoms with Crippen molar-refractivity contribution in [3.8, 4) is 0 Å². The molecule has 4 aromatic rings. The molecule has 0 spiro atoms. The third-order valence-electron chi connectivity index (χ3n) is 5.34. The molecule has 0 bridgehead atoms. The topological polar surface area (TPSA) is 105 Å². The molecule has 2 aliphatic carbocycles. The largest absolute Gasteiger partial charge is 0.338 e. The molecule has 4 aromatic heterocycles. The number of pyridine rings is 1. The third kappa shape index (κ3) is 3.46. The summed E-state index contributed by atoms with van der Waals surface area (Å²) in [6, 6.07) is 4.22. The zero-order valence-electron chi connectivity index (χ0n) is 15.8. The monoisotopic (exact) mass is 389 g/mol. The van der Waals surface area contributed by atoms with Gasteiger partial charge in [0.05, 0.1) is 6.33 Å². The lowest BCUT2D eigenvalue weighted by Gasteiger charge is -2.01. The molecule has 1 fully saturated rings. The maximum Gasteiger partial charge on any atom is 0.280 e. The standard InChI is InChI=1S/C11H11N.C9H8N6O2/c1-3-12-4-2-8(1)9-5-10-7-11(10)6-9;1-14-4-11-8-7(14)9(16)15(5-12-8)2-6-10-3-13-17-6/h1-5,10-11H,6-7H2;3-5H,2H2,1H3/t10-,11+;/m1./s1. The van der Waals surface area contributed by atoms with Crippen molar-refractivity contribution in [3.63, 3.8) is 0 Å². The van der Waals surface area contributed by atoms with Gasteiger partial charge >= 0.3 is 0 Å². The molecule has 0 aliphatic heterocycles. The summed E-state index contributed by atoms with van der Waals surface area (Å²) in [5.74, 6) is 2.27. The second-order valence-corrected chi connectivity index (χ2v) is 7.33. The average Bonchev–Trinajstić information content (AvgIpc) is 3.15. The van der Waals surface area contributed by atoms with Crippen LogP contribution in [0, 0.1) is 11.8 Å². The number of aromatic nitrogens is 7. The highest BCUT2D eigenvalue weighted by atomic mass is 16.5. The van der Waals surface area contributed by atoms with Gasteiger partial charge in [0.2, 0.25) is 5.89 Å². The van der Waals surface area contributed by atoms with Crippen LogP contribution in [0.2, 0.25) is 0 Å². The molecule has 1 saturated carbocycles. The van der Waals surface area contributed by atoms with Crippen LogP contribution in [0.3, 0.4) is 0 Å². The summed E-state index contributed by atoms with van der Waals surface area (Å²) in [6.07, 6.45) is 13.2. The minimum absolute atomic E-state index is 0.187. The first-order valence-electron chi connectivity index (χ1n) is 9.42. The van der Waals surface area contributed by atoms with Gasteiger partial charge in [-0.2, -0.15) is 4.98 Å². The smallest absolute Gasteiger partial charge is 0.280 e. The molecule has 2 aliphatic rings. The minimum atomic E-state index is -0.187. The highest BCUT2D eigenvalue weighted by Crippen LogP contribution is 2.52. The number of fused-ring (bicyclic) bond motifs is 2. The van der Waals surface area contributed by atoms with Gasteiger partial charge in [0.15, 0.2) is 17.5 Å². The molecule has 0 amide bonds. The molecule has 4 heterocycles. The van der Waals surface area contributed by atoms with Gasteiger partial charge in [0.25, 0.3) is 5.56 Å². The zero-order chi connectivity index (χ0) is 19.8. The Labute approximate surface area is 165 Å². The molecular weight excluding hydrogens is 370 g/mol. The number of imidazole rings is 1. The first-order valence-corrected chi connectivity index (χ1v) is 9.42. The fourth-order valence-electron chi connectivity index (χ4n) is 3.69. The van der Waals surface area contributed by atoms with Crippen LogP contribution >= 0.6 is 0 Å². The number of aryl methyl sites for hydroxylation is 1. The van der Waals surface area contributed by atoms with E-state index in [1.807, 2.05) is 12.4 Å². The lowest BCUT2D eigenvalue weighted by molar-refractivity contribution is 0.368. The van der Waals surface area contributed by atoms with Gasteiger partial charge in [-0.15, -0.1) is 0 Å². The molecule has 9 nitrogen and oxygen atoms in total. The van der Waals surface area contributed by atoms with E-state index >= 15 is 0 Å². The highest BCUT2D eigenvalue weighted by molar-refractivity contribution is 5.69. The number of hydrogen-bond donors (Lipinski definition) is 0. The molecule has 0 radical (unpaired) electrons. The van der Waals surface area contributed by atoms with Crippen molar-refractivity contribution in [3.05, 3.63) is 71.4 Å². The van der Waals surface area contributed by atoms with Crippen molar-refractivity contribution in [2.45, 2.75) is 19.4 Å². The Bertz CT molecular complexity index is 1220. The van der Waals surface area contributed by atoms with Crippen LogP contribution in [-0.4, -0.2) is 34.2 Å². The summed E-state index contributed by atoms with van der Waals surface area (Å²) in [5.41, 5.74) is 3.61. The quantitative estimate of drug-likeness (QED) is 0.528. The minimum Gasteiger partial charge on any atom is -0.338 e. The lowest BCUT2D eigenvalue weighted by atomic mass is 10.1. The first kappa shape index (κ1) is 17.5. The summed E-state index contributed by atoms with van der Waals surface area (Å²) in [7, 11) is 1.75. The third-order valence-corrected chi connectivity index (χ3v) is 5.34. The molecule has 29 heavy (non-hydrogen) atoms. The molecular formula is C20H19N7O2. The Balaban J connectivity index is 0.000000132. The van der Waals surface area contributed by atoms with Crippen molar-refractivity contribution in [1.82, 2.24) is 34.2 Å². The van der Waals surface area contributed by atoms with E-state index in [9.17, 15) is 4.79 Å². The van der Waals surface area contributed by atoms with Gasteiger partial charge in [-0.05, 0) is 47.9 Å². The average molecular weight is 389 g/mol. The van der Waals surface area contributed by atoms with Crippen molar-refractivity contribution < 1.29 is 4.52 Å². The van der Waals surface area contributed by atoms with E-state index in [0.29, 0.717) is 17.1 Å². The van der Waals surface area contributed by atoms with Gasteiger partial charge in [-0.3, -0.25) is 14.3 Å². The maximum absolute atomic E-state index is 12.1. The second kappa shape index (κ2) is 7.08. The SMILES string of the molecule is C1=C(c2ccncc2)C[C@H]2C[C@@H]12.Cn1cnc2ncn(Cc3ncno3)c(=O)c21. The van der Waals surface area contributed by atoms with E-state index in [2.05, 4.69) is 43.3 Å².